The van der Waals surface area contributed by atoms with Crippen LogP contribution in [0.4, 0.5) is 0 Å². The Bertz CT molecular complexity index is 673. The van der Waals surface area contributed by atoms with Crippen LogP contribution in [0.5, 0.6) is 0 Å². The van der Waals surface area contributed by atoms with E-state index in [-0.39, 0.29) is 0 Å². The van der Waals surface area contributed by atoms with Crippen LogP contribution in [0.2, 0.25) is 5.02 Å². The van der Waals surface area contributed by atoms with Crippen molar-refractivity contribution in [2.75, 3.05) is 0 Å². The zero-order valence-corrected chi connectivity index (χ0v) is 11.1. The summed E-state index contributed by atoms with van der Waals surface area (Å²) in [7, 11) is 0. The second-order valence-corrected chi connectivity index (χ2v) is 4.87. The molecule has 0 saturated carbocycles. The van der Waals surface area contributed by atoms with Crippen LogP contribution in [0.25, 0.3) is 16.9 Å². The van der Waals surface area contributed by atoms with Gasteiger partial charge in [0.2, 0.25) is 0 Å². The first-order valence-electron chi connectivity index (χ1n) is 5.14. The average molecular weight is 308 g/mol. The molecule has 0 aliphatic carbocycles. The lowest BCUT2D eigenvalue weighted by Gasteiger charge is -2.02. The number of aromatic nitrogens is 2. The molecule has 0 bridgehead atoms. The summed E-state index contributed by atoms with van der Waals surface area (Å²) < 4.78 is 2.89. The van der Waals surface area contributed by atoms with Crippen molar-refractivity contribution < 1.29 is 0 Å². The van der Waals surface area contributed by atoms with Gasteiger partial charge in [-0.1, -0.05) is 29.8 Å². The highest BCUT2D eigenvalue weighted by Gasteiger charge is 2.11. The predicted octanol–water partition coefficient (Wildman–Crippen LogP) is 4.42. The van der Waals surface area contributed by atoms with Crippen LogP contribution in [-0.2, 0) is 0 Å². The van der Waals surface area contributed by atoms with Gasteiger partial charge in [0.05, 0.1) is 5.69 Å². The minimum atomic E-state index is 0.735. The van der Waals surface area contributed by atoms with E-state index < -0.39 is 0 Å². The highest BCUT2D eigenvalue weighted by molar-refractivity contribution is 9.10. The van der Waals surface area contributed by atoms with Gasteiger partial charge in [-0.3, -0.25) is 4.40 Å². The van der Waals surface area contributed by atoms with E-state index in [1.807, 2.05) is 53.1 Å². The molecule has 4 heteroatoms. The molecule has 0 aliphatic heterocycles. The number of pyridine rings is 1. The number of hydrogen-bond acceptors (Lipinski definition) is 1. The van der Waals surface area contributed by atoms with Crippen LogP contribution >= 0.6 is 27.5 Å². The second kappa shape index (κ2) is 4.17. The number of fused-ring (bicyclic) bond motifs is 1. The highest BCUT2D eigenvalue weighted by atomic mass is 79.9. The maximum atomic E-state index is 5.90. The largest absolute Gasteiger partial charge is 0.298 e. The van der Waals surface area contributed by atoms with Crippen molar-refractivity contribution in [1.29, 1.82) is 0 Å². The molecule has 0 amide bonds. The molecule has 2 aromatic heterocycles. The van der Waals surface area contributed by atoms with Crippen LogP contribution in [0.3, 0.4) is 0 Å². The molecular formula is C13H8BrClN2. The number of rotatable bonds is 1. The zero-order chi connectivity index (χ0) is 11.8. The van der Waals surface area contributed by atoms with Crippen molar-refractivity contribution in [2.24, 2.45) is 0 Å². The Morgan fingerprint density at radius 3 is 2.59 bits per heavy atom. The van der Waals surface area contributed by atoms with Gasteiger partial charge in [-0.2, -0.15) is 0 Å². The Morgan fingerprint density at radius 1 is 1.06 bits per heavy atom. The van der Waals surface area contributed by atoms with E-state index in [0.717, 1.165) is 26.5 Å². The third kappa shape index (κ3) is 1.85. The summed E-state index contributed by atoms with van der Waals surface area (Å²) in [5.74, 6) is 0. The molecule has 1 aromatic carbocycles. The SMILES string of the molecule is Clc1ccc(-c2c(Br)nc3ccccn23)cc1. The van der Waals surface area contributed by atoms with Gasteiger partial charge in [-0.25, -0.2) is 4.98 Å². The standard InChI is InChI=1S/C13H8BrClN2/c14-13-12(9-4-6-10(15)7-5-9)17-8-2-1-3-11(17)16-13/h1-8H. The van der Waals surface area contributed by atoms with Gasteiger partial charge >= 0.3 is 0 Å². The van der Waals surface area contributed by atoms with Gasteiger partial charge in [0.1, 0.15) is 10.3 Å². The Labute approximate surface area is 112 Å². The van der Waals surface area contributed by atoms with Crippen molar-refractivity contribution >= 4 is 33.2 Å². The van der Waals surface area contributed by atoms with E-state index in [9.17, 15) is 0 Å². The normalized spacial score (nSPS) is 10.9. The Kier molecular flexibility index (Phi) is 2.65. The lowest BCUT2D eigenvalue weighted by atomic mass is 10.2. The summed E-state index contributed by atoms with van der Waals surface area (Å²) in [4.78, 5) is 4.46. The molecular weight excluding hydrogens is 300 g/mol. The first kappa shape index (κ1) is 10.8. The molecule has 0 unspecified atom stereocenters. The van der Waals surface area contributed by atoms with Gasteiger partial charge in [-0.05, 0) is 40.2 Å². The smallest absolute Gasteiger partial charge is 0.138 e. The number of benzene rings is 1. The third-order valence-electron chi connectivity index (χ3n) is 2.61. The van der Waals surface area contributed by atoms with Crippen molar-refractivity contribution in [3.05, 3.63) is 58.3 Å². The lowest BCUT2D eigenvalue weighted by Crippen LogP contribution is -1.87. The highest BCUT2D eigenvalue weighted by Crippen LogP contribution is 2.29. The van der Waals surface area contributed by atoms with Gasteiger partial charge in [0, 0.05) is 16.8 Å². The quantitative estimate of drug-likeness (QED) is 0.650. The summed E-state index contributed by atoms with van der Waals surface area (Å²) >= 11 is 9.40. The van der Waals surface area contributed by atoms with Crippen molar-refractivity contribution in [3.63, 3.8) is 0 Å². The fourth-order valence-corrected chi connectivity index (χ4v) is 2.56. The van der Waals surface area contributed by atoms with E-state index in [0.29, 0.717) is 0 Å². The average Bonchev–Trinajstić information content (AvgIpc) is 2.66. The first-order chi connectivity index (χ1) is 8.25. The zero-order valence-electron chi connectivity index (χ0n) is 8.77. The molecule has 0 N–H and O–H groups in total. The first-order valence-corrected chi connectivity index (χ1v) is 6.31. The fraction of sp³-hybridized carbons (Fsp3) is 0. The van der Waals surface area contributed by atoms with E-state index in [4.69, 9.17) is 11.6 Å². The van der Waals surface area contributed by atoms with E-state index in [1.54, 1.807) is 0 Å². The van der Waals surface area contributed by atoms with Crippen molar-refractivity contribution in [3.8, 4) is 11.3 Å². The van der Waals surface area contributed by atoms with E-state index in [2.05, 4.69) is 20.9 Å². The summed E-state index contributed by atoms with van der Waals surface area (Å²) in [6.07, 6.45) is 2.00. The van der Waals surface area contributed by atoms with Crippen LogP contribution in [0.15, 0.2) is 53.3 Å². The Morgan fingerprint density at radius 2 is 1.82 bits per heavy atom. The van der Waals surface area contributed by atoms with Crippen molar-refractivity contribution in [2.45, 2.75) is 0 Å². The van der Waals surface area contributed by atoms with Crippen LogP contribution < -0.4 is 0 Å². The van der Waals surface area contributed by atoms with Gasteiger partial charge in [0.25, 0.3) is 0 Å². The Hall–Kier alpha value is -1.32. The summed E-state index contributed by atoms with van der Waals surface area (Å²) in [5, 5.41) is 0.735. The Balaban J connectivity index is 2.29. The fourth-order valence-electron chi connectivity index (χ4n) is 1.83. The summed E-state index contributed by atoms with van der Waals surface area (Å²) in [6.45, 7) is 0. The van der Waals surface area contributed by atoms with Crippen LogP contribution in [0, 0.1) is 0 Å². The summed E-state index contributed by atoms with van der Waals surface area (Å²) in [6, 6.07) is 13.7. The number of halogens is 2. The summed E-state index contributed by atoms with van der Waals surface area (Å²) in [5.41, 5.74) is 3.04. The molecule has 3 aromatic rings. The molecule has 0 aliphatic rings. The lowest BCUT2D eigenvalue weighted by molar-refractivity contribution is 1.19. The molecule has 3 rings (SSSR count). The number of imidazole rings is 1. The minimum absolute atomic E-state index is 0.735. The monoisotopic (exact) mass is 306 g/mol. The van der Waals surface area contributed by atoms with E-state index in [1.165, 1.54) is 0 Å². The maximum Gasteiger partial charge on any atom is 0.138 e. The molecule has 2 heterocycles. The molecule has 0 radical (unpaired) electrons. The number of nitrogens with zero attached hydrogens (tertiary/aromatic N) is 2. The van der Waals surface area contributed by atoms with E-state index >= 15 is 0 Å². The topological polar surface area (TPSA) is 17.3 Å². The van der Waals surface area contributed by atoms with Gasteiger partial charge < -0.3 is 0 Å². The molecule has 0 spiro atoms. The minimum Gasteiger partial charge on any atom is -0.298 e. The molecule has 0 fully saturated rings. The van der Waals surface area contributed by atoms with Crippen molar-refractivity contribution in [1.82, 2.24) is 9.38 Å². The molecule has 0 saturated heterocycles. The van der Waals surface area contributed by atoms with Crippen LogP contribution in [0.1, 0.15) is 0 Å². The van der Waals surface area contributed by atoms with Gasteiger partial charge in [-0.15, -0.1) is 0 Å². The molecule has 0 atom stereocenters. The van der Waals surface area contributed by atoms with Gasteiger partial charge in [0.15, 0.2) is 0 Å². The maximum absolute atomic E-state index is 5.90. The molecule has 84 valence electrons. The second-order valence-electron chi connectivity index (χ2n) is 3.69. The van der Waals surface area contributed by atoms with Crippen LogP contribution in [-0.4, -0.2) is 9.38 Å². The third-order valence-corrected chi connectivity index (χ3v) is 3.41. The predicted molar refractivity (Wildman–Crippen MR) is 73.3 cm³/mol. The molecule has 17 heavy (non-hydrogen) atoms. The molecule has 2 nitrogen and oxygen atoms in total. The number of hydrogen-bond donors (Lipinski definition) is 0.